The summed E-state index contributed by atoms with van der Waals surface area (Å²) in [5.74, 6) is 0.400. The second-order valence-electron chi connectivity index (χ2n) is 5.12. The molecule has 0 bridgehead atoms. The summed E-state index contributed by atoms with van der Waals surface area (Å²) in [6.45, 7) is 7.58. The Labute approximate surface area is 109 Å². The molecule has 0 aromatic carbocycles. The molecule has 17 heavy (non-hydrogen) atoms. The van der Waals surface area contributed by atoms with Crippen molar-refractivity contribution in [2.45, 2.75) is 64.6 Å². The molecule has 1 N–H and O–H groups in total. The van der Waals surface area contributed by atoms with Crippen LogP contribution in [0.25, 0.3) is 0 Å². The molecule has 2 atom stereocenters. The van der Waals surface area contributed by atoms with Gasteiger partial charge in [0.2, 0.25) is 0 Å². The summed E-state index contributed by atoms with van der Waals surface area (Å²) in [5.41, 5.74) is 1.18. The van der Waals surface area contributed by atoms with Crippen LogP contribution in [0.5, 0.6) is 0 Å². The minimum Gasteiger partial charge on any atom is -0.311 e. The summed E-state index contributed by atoms with van der Waals surface area (Å²) in [6.07, 6.45) is 5.49. The molecule has 3 nitrogen and oxygen atoms in total. The number of aryl methyl sites for hydroxylation is 1. The molecule has 1 fully saturated rings. The van der Waals surface area contributed by atoms with E-state index in [0.717, 1.165) is 24.0 Å². The molecule has 1 saturated carbocycles. The van der Waals surface area contributed by atoms with E-state index in [2.05, 4.69) is 35.9 Å². The van der Waals surface area contributed by atoms with Crippen LogP contribution in [0.3, 0.4) is 0 Å². The summed E-state index contributed by atoms with van der Waals surface area (Å²) in [5, 5.41) is 8.80. The molecule has 0 spiro atoms. The van der Waals surface area contributed by atoms with Gasteiger partial charge in [0.15, 0.2) is 0 Å². The first-order valence-electron chi connectivity index (χ1n) is 6.60. The van der Waals surface area contributed by atoms with E-state index in [9.17, 15) is 0 Å². The predicted octanol–water partition coefficient (Wildman–Crippen LogP) is 3.19. The molecule has 0 saturated heterocycles. The lowest BCUT2D eigenvalue weighted by Crippen LogP contribution is -2.33. The Morgan fingerprint density at radius 3 is 2.82 bits per heavy atom. The lowest BCUT2D eigenvalue weighted by Gasteiger charge is -2.22. The zero-order valence-corrected chi connectivity index (χ0v) is 11.7. The molecule has 1 aliphatic carbocycles. The SMILES string of the molecule is CCCn1ncc(Cl)c1C(C)C(C)NC1CC1. The summed E-state index contributed by atoms with van der Waals surface area (Å²) < 4.78 is 2.05. The van der Waals surface area contributed by atoms with Crippen LogP contribution >= 0.6 is 11.6 Å². The van der Waals surface area contributed by atoms with Gasteiger partial charge in [0, 0.05) is 24.5 Å². The Kier molecular flexibility index (Phi) is 4.10. The molecular formula is C13H22ClN3. The third kappa shape index (κ3) is 3.02. The predicted molar refractivity (Wildman–Crippen MR) is 71.6 cm³/mol. The van der Waals surface area contributed by atoms with E-state index in [1.807, 2.05) is 0 Å². The second kappa shape index (κ2) is 5.40. The minimum absolute atomic E-state index is 0.400. The van der Waals surface area contributed by atoms with Gasteiger partial charge in [0.05, 0.1) is 16.9 Å². The molecule has 1 aromatic rings. The van der Waals surface area contributed by atoms with Crippen molar-refractivity contribution < 1.29 is 0 Å². The van der Waals surface area contributed by atoms with Gasteiger partial charge >= 0.3 is 0 Å². The van der Waals surface area contributed by atoms with Crippen molar-refractivity contribution in [1.82, 2.24) is 15.1 Å². The van der Waals surface area contributed by atoms with Gasteiger partial charge in [-0.05, 0) is 26.2 Å². The fraction of sp³-hybridized carbons (Fsp3) is 0.769. The molecule has 2 unspecified atom stereocenters. The molecule has 0 radical (unpaired) electrons. The molecule has 0 amide bonds. The highest BCUT2D eigenvalue weighted by molar-refractivity contribution is 6.31. The molecule has 1 heterocycles. The Balaban J connectivity index is 2.10. The molecular weight excluding hydrogens is 234 g/mol. The molecule has 0 aliphatic heterocycles. The van der Waals surface area contributed by atoms with Gasteiger partial charge in [-0.25, -0.2) is 0 Å². The number of rotatable bonds is 6. The Morgan fingerprint density at radius 2 is 2.24 bits per heavy atom. The van der Waals surface area contributed by atoms with Crippen molar-refractivity contribution >= 4 is 11.6 Å². The average Bonchev–Trinajstić information content (AvgIpc) is 3.03. The highest BCUT2D eigenvalue weighted by atomic mass is 35.5. The van der Waals surface area contributed by atoms with E-state index in [0.29, 0.717) is 12.0 Å². The van der Waals surface area contributed by atoms with Gasteiger partial charge in [-0.1, -0.05) is 25.4 Å². The van der Waals surface area contributed by atoms with Crippen LogP contribution in [-0.2, 0) is 6.54 Å². The number of nitrogens with zero attached hydrogens (tertiary/aromatic N) is 2. The van der Waals surface area contributed by atoms with Gasteiger partial charge in [-0.3, -0.25) is 4.68 Å². The molecule has 96 valence electrons. The van der Waals surface area contributed by atoms with Crippen molar-refractivity contribution in [3.63, 3.8) is 0 Å². The van der Waals surface area contributed by atoms with Crippen molar-refractivity contribution in [3.8, 4) is 0 Å². The van der Waals surface area contributed by atoms with E-state index in [-0.39, 0.29) is 0 Å². The highest BCUT2D eigenvalue weighted by Crippen LogP contribution is 2.29. The normalized spacial score (nSPS) is 19.3. The zero-order valence-electron chi connectivity index (χ0n) is 10.9. The minimum atomic E-state index is 0.400. The molecule has 4 heteroatoms. The van der Waals surface area contributed by atoms with Crippen LogP contribution in [0.4, 0.5) is 0 Å². The van der Waals surface area contributed by atoms with E-state index < -0.39 is 0 Å². The second-order valence-corrected chi connectivity index (χ2v) is 5.53. The highest BCUT2D eigenvalue weighted by Gasteiger charge is 2.27. The summed E-state index contributed by atoms with van der Waals surface area (Å²) >= 11 is 6.26. The molecule has 2 rings (SSSR count). The quantitative estimate of drug-likeness (QED) is 0.846. The van der Waals surface area contributed by atoms with Crippen molar-refractivity contribution in [2.75, 3.05) is 0 Å². The fourth-order valence-corrected chi connectivity index (χ4v) is 2.53. The lowest BCUT2D eigenvalue weighted by molar-refractivity contribution is 0.445. The lowest BCUT2D eigenvalue weighted by atomic mass is 9.99. The Morgan fingerprint density at radius 1 is 1.53 bits per heavy atom. The number of hydrogen-bond donors (Lipinski definition) is 1. The van der Waals surface area contributed by atoms with Crippen LogP contribution < -0.4 is 5.32 Å². The van der Waals surface area contributed by atoms with E-state index >= 15 is 0 Å². The number of halogens is 1. The maximum Gasteiger partial charge on any atom is 0.0821 e. The third-order valence-corrected chi connectivity index (χ3v) is 3.82. The first kappa shape index (κ1) is 12.9. The number of aromatic nitrogens is 2. The van der Waals surface area contributed by atoms with Crippen LogP contribution in [0.2, 0.25) is 5.02 Å². The fourth-order valence-electron chi connectivity index (χ4n) is 2.22. The third-order valence-electron chi connectivity index (χ3n) is 3.53. The van der Waals surface area contributed by atoms with Gasteiger partial charge in [-0.15, -0.1) is 0 Å². The van der Waals surface area contributed by atoms with Crippen LogP contribution in [0.1, 0.15) is 51.6 Å². The van der Waals surface area contributed by atoms with Crippen LogP contribution in [0.15, 0.2) is 6.20 Å². The first-order chi connectivity index (χ1) is 8.13. The van der Waals surface area contributed by atoms with E-state index in [1.54, 1.807) is 6.20 Å². The Bertz CT molecular complexity index is 371. The maximum atomic E-state index is 6.26. The van der Waals surface area contributed by atoms with Gasteiger partial charge in [0.1, 0.15) is 0 Å². The number of nitrogens with one attached hydrogen (secondary N) is 1. The number of hydrogen-bond acceptors (Lipinski definition) is 2. The molecule has 1 aromatic heterocycles. The monoisotopic (exact) mass is 255 g/mol. The van der Waals surface area contributed by atoms with Gasteiger partial charge in [-0.2, -0.15) is 5.10 Å². The van der Waals surface area contributed by atoms with E-state index in [1.165, 1.54) is 18.5 Å². The van der Waals surface area contributed by atoms with Gasteiger partial charge in [0.25, 0.3) is 0 Å². The Hall–Kier alpha value is -0.540. The van der Waals surface area contributed by atoms with Gasteiger partial charge < -0.3 is 5.32 Å². The summed E-state index contributed by atoms with van der Waals surface area (Å²) in [7, 11) is 0. The standard InChI is InChI=1S/C13H22ClN3/c1-4-7-17-13(12(14)8-15-17)9(2)10(3)16-11-5-6-11/h8-11,16H,4-7H2,1-3H3. The molecule has 1 aliphatic rings. The first-order valence-corrected chi connectivity index (χ1v) is 6.98. The maximum absolute atomic E-state index is 6.26. The summed E-state index contributed by atoms with van der Waals surface area (Å²) in [6, 6.07) is 1.18. The smallest absolute Gasteiger partial charge is 0.0821 e. The van der Waals surface area contributed by atoms with Crippen molar-refractivity contribution in [3.05, 3.63) is 16.9 Å². The largest absolute Gasteiger partial charge is 0.311 e. The van der Waals surface area contributed by atoms with Crippen LogP contribution in [-0.4, -0.2) is 21.9 Å². The van der Waals surface area contributed by atoms with E-state index in [4.69, 9.17) is 11.6 Å². The topological polar surface area (TPSA) is 29.9 Å². The summed E-state index contributed by atoms with van der Waals surface area (Å²) in [4.78, 5) is 0. The van der Waals surface area contributed by atoms with Crippen molar-refractivity contribution in [1.29, 1.82) is 0 Å². The zero-order chi connectivity index (χ0) is 12.4. The average molecular weight is 256 g/mol. The van der Waals surface area contributed by atoms with Crippen LogP contribution in [0, 0.1) is 0 Å². The van der Waals surface area contributed by atoms with Crippen molar-refractivity contribution in [2.24, 2.45) is 0 Å².